The SMILES string of the molecule is N#CSCSc1nsnc1-c1cccnc1. The zero-order chi connectivity index (χ0) is 11.2. The Morgan fingerprint density at radius 1 is 1.44 bits per heavy atom. The van der Waals surface area contributed by atoms with E-state index < -0.39 is 0 Å². The maximum atomic E-state index is 8.44. The van der Waals surface area contributed by atoms with E-state index in [4.69, 9.17) is 5.26 Å². The van der Waals surface area contributed by atoms with Gasteiger partial charge in [0.2, 0.25) is 0 Å². The first-order valence-corrected chi connectivity index (χ1v) is 6.98. The molecule has 0 bridgehead atoms. The van der Waals surface area contributed by atoms with E-state index in [-0.39, 0.29) is 0 Å². The Labute approximate surface area is 105 Å². The first kappa shape index (κ1) is 11.4. The van der Waals surface area contributed by atoms with Crippen LogP contribution < -0.4 is 0 Å². The second kappa shape index (κ2) is 5.84. The Morgan fingerprint density at radius 2 is 2.38 bits per heavy atom. The third-order valence-electron chi connectivity index (χ3n) is 1.71. The Morgan fingerprint density at radius 3 is 3.12 bits per heavy atom. The van der Waals surface area contributed by atoms with Gasteiger partial charge in [-0.1, -0.05) is 11.8 Å². The summed E-state index contributed by atoms with van der Waals surface area (Å²) in [6, 6.07) is 3.82. The minimum absolute atomic E-state index is 0.662. The first-order chi connectivity index (χ1) is 7.92. The molecule has 2 heterocycles. The van der Waals surface area contributed by atoms with Gasteiger partial charge >= 0.3 is 0 Å². The fourth-order valence-corrected chi connectivity index (χ4v) is 3.10. The topological polar surface area (TPSA) is 62.5 Å². The summed E-state index contributed by atoms with van der Waals surface area (Å²) in [6.07, 6.45) is 3.49. The zero-order valence-electron chi connectivity index (χ0n) is 8.03. The molecule has 2 rings (SSSR count). The predicted octanol–water partition coefficient (Wildman–Crippen LogP) is 2.86. The highest BCUT2D eigenvalue weighted by Gasteiger charge is 2.10. The van der Waals surface area contributed by atoms with Gasteiger partial charge in [-0.05, 0) is 23.9 Å². The highest BCUT2D eigenvalue weighted by molar-refractivity contribution is 8.18. The fourth-order valence-electron chi connectivity index (χ4n) is 1.07. The van der Waals surface area contributed by atoms with Crippen LogP contribution in [0.1, 0.15) is 0 Å². The van der Waals surface area contributed by atoms with Crippen LogP contribution in [-0.4, -0.2) is 18.8 Å². The maximum absolute atomic E-state index is 8.44. The van der Waals surface area contributed by atoms with E-state index in [1.807, 2.05) is 17.5 Å². The standard InChI is InChI=1S/C9H6N4S3/c10-5-14-6-15-9-8(12-16-13-9)7-2-1-3-11-4-7/h1-4H,6H2. The van der Waals surface area contributed by atoms with E-state index in [2.05, 4.69) is 13.7 Å². The maximum Gasteiger partial charge on any atom is 0.139 e. The molecule has 0 aliphatic heterocycles. The molecule has 0 atom stereocenters. The van der Waals surface area contributed by atoms with E-state index in [1.54, 1.807) is 12.4 Å². The highest BCUT2D eigenvalue weighted by atomic mass is 32.2. The molecule has 2 aromatic heterocycles. The minimum atomic E-state index is 0.662. The van der Waals surface area contributed by atoms with Crippen molar-refractivity contribution < 1.29 is 0 Å². The molecule has 0 aromatic carbocycles. The van der Waals surface area contributed by atoms with Crippen molar-refractivity contribution >= 4 is 35.3 Å². The molecule has 0 aliphatic carbocycles. The smallest absolute Gasteiger partial charge is 0.139 e. The molecule has 0 saturated carbocycles. The third-order valence-corrected chi connectivity index (χ3v) is 3.99. The van der Waals surface area contributed by atoms with Gasteiger partial charge < -0.3 is 0 Å². The van der Waals surface area contributed by atoms with Crippen LogP contribution in [0.15, 0.2) is 29.6 Å². The van der Waals surface area contributed by atoms with E-state index in [9.17, 15) is 0 Å². The van der Waals surface area contributed by atoms with Crippen LogP contribution in [0.5, 0.6) is 0 Å². The molecule has 0 fully saturated rings. The summed E-state index contributed by atoms with van der Waals surface area (Å²) in [5, 5.41) is 12.0. The third kappa shape index (κ3) is 2.72. The van der Waals surface area contributed by atoms with Crippen molar-refractivity contribution in [1.82, 2.24) is 13.7 Å². The van der Waals surface area contributed by atoms with Gasteiger partial charge in [-0.3, -0.25) is 4.98 Å². The molecular weight excluding hydrogens is 260 g/mol. The lowest BCUT2D eigenvalue weighted by Crippen LogP contribution is -1.82. The van der Waals surface area contributed by atoms with Crippen LogP contribution in [0.2, 0.25) is 0 Å². The Balaban J connectivity index is 2.17. The van der Waals surface area contributed by atoms with E-state index in [0.29, 0.717) is 5.08 Å². The first-order valence-electron chi connectivity index (χ1n) is 4.28. The Kier molecular flexibility index (Phi) is 4.16. The van der Waals surface area contributed by atoms with E-state index >= 15 is 0 Å². The van der Waals surface area contributed by atoms with E-state index in [0.717, 1.165) is 16.3 Å². The molecule has 0 unspecified atom stereocenters. The van der Waals surface area contributed by atoms with Gasteiger partial charge in [0, 0.05) is 18.0 Å². The number of pyridine rings is 1. The number of hydrogen-bond acceptors (Lipinski definition) is 7. The molecule has 0 saturated heterocycles. The van der Waals surface area contributed by atoms with Crippen LogP contribution in [0, 0.1) is 10.7 Å². The largest absolute Gasteiger partial charge is 0.264 e. The number of thiocyanates is 1. The van der Waals surface area contributed by atoms with Gasteiger partial charge in [0.1, 0.15) is 16.1 Å². The molecule has 2 aromatic rings. The van der Waals surface area contributed by atoms with Crippen LogP contribution in [0.4, 0.5) is 0 Å². The molecule has 16 heavy (non-hydrogen) atoms. The number of aromatic nitrogens is 3. The van der Waals surface area contributed by atoms with Gasteiger partial charge in [-0.2, -0.15) is 14.0 Å². The van der Waals surface area contributed by atoms with Gasteiger partial charge in [0.25, 0.3) is 0 Å². The molecular formula is C9H6N4S3. The summed E-state index contributed by atoms with van der Waals surface area (Å²) in [5.74, 6) is 0. The van der Waals surface area contributed by atoms with Crippen molar-refractivity contribution in [1.29, 1.82) is 5.26 Å². The van der Waals surface area contributed by atoms with E-state index in [1.165, 1.54) is 35.3 Å². The van der Waals surface area contributed by atoms with Crippen molar-refractivity contribution in [3.63, 3.8) is 0 Å². The normalized spacial score (nSPS) is 9.94. The molecule has 4 nitrogen and oxygen atoms in total. The highest BCUT2D eigenvalue weighted by Crippen LogP contribution is 2.30. The van der Waals surface area contributed by atoms with Crippen molar-refractivity contribution in [3.8, 4) is 16.7 Å². The summed E-state index contributed by atoms with van der Waals surface area (Å²) in [4.78, 5) is 4.05. The van der Waals surface area contributed by atoms with Crippen LogP contribution >= 0.6 is 35.3 Å². The van der Waals surface area contributed by atoms with Crippen LogP contribution in [0.25, 0.3) is 11.3 Å². The average Bonchev–Trinajstić information content (AvgIpc) is 2.79. The van der Waals surface area contributed by atoms with Crippen LogP contribution in [-0.2, 0) is 0 Å². The molecule has 0 aliphatic rings. The number of nitriles is 1. The second-order valence-electron chi connectivity index (χ2n) is 2.66. The number of rotatable bonds is 4. The lowest BCUT2D eigenvalue weighted by atomic mass is 10.2. The summed E-state index contributed by atoms with van der Waals surface area (Å²) in [6.45, 7) is 0. The van der Waals surface area contributed by atoms with Crippen LogP contribution in [0.3, 0.4) is 0 Å². The van der Waals surface area contributed by atoms with Gasteiger partial charge in [-0.15, -0.1) is 0 Å². The zero-order valence-corrected chi connectivity index (χ0v) is 10.5. The summed E-state index contributed by atoms with van der Waals surface area (Å²) >= 11 is 3.90. The Bertz CT molecular complexity index is 491. The average molecular weight is 266 g/mol. The lowest BCUT2D eigenvalue weighted by Gasteiger charge is -1.98. The van der Waals surface area contributed by atoms with Gasteiger partial charge in [0.15, 0.2) is 0 Å². The molecule has 7 heteroatoms. The summed E-state index contributed by atoms with van der Waals surface area (Å²) < 4.78 is 8.45. The minimum Gasteiger partial charge on any atom is -0.264 e. The quantitative estimate of drug-likeness (QED) is 0.367. The van der Waals surface area contributed by atoms with Crippen molar-refractivity contribution in [2.45, 2.75) is 5.03 Å². The van der Waals surface area contributed by atoms with Gasteiger partial charge in [-0.25, -0.2) is 0 Å². The number of nitrogens with zero attached hydrogens (tertiary/aromatic N) is 4. The molecule has 0 spiro atoms. The monoisotopic (exact) mass is 266 g/mol. The molecule has 0 N–H and O–H groups in total. The number of thioether (sulfide) groups is 2. The van der Waals surface area contributed by atoms with Crippen molar-refractivity contribution in [3.05, 3.63) is 24.5 Å². The molecule has 80 valence electrons. The molecule has 0 amide bonds. The second-order valence-corrected chi connectivity index (χ2v) is 5.28. The predicted molar refractivity (Wildman–Crippen MR) is 67.1 cm³/mol. The molecule has 0 radical (unpaired) electrons. The lowest BCUT2D eigenvalue weighted by molar-refractivity contribution is 1.25. The van der Waals surface area contributed by atoms with Gasteiger partial charge in [0.05, 0.1) is 16.8 Å². The Hall–Kier alpha value is -1.10. The fraction of sp³-hybridized carbons (Fsp3) is 0.111. The number of hydrogen-bond donors (Lipinski definition) is 0. The summed E-state index contributed by atoms with van der Waals surface area (Å²) in [7, 11) is 0. The van der Waals surface area contributed by atoms with Crippen molar-refractivity contribution in [2.75, 3.05) is 5.08 Å². The summed E-state index contributed by atoms with van der Waals surface area (Å²) in [5.41, 5.74) is 1.81. The van der Waals surface area contributed by atoms with Crippen molar-refractivity contribution in [2.24, 2.45) is 0 Å².